The van der Waals surface area contributed by atoms with E-state index in [1.807, 2.05) is 13.8 Å². The number of rotatable bonds is 7. The van der Waals surface area contributed by atoms with Crippen LogP contribution in [0.3, 0.4) is 0 Å². The molecule has 2 N–H and O–H groups in total. The summed E-state index contributed by atoms with van der Waals surface area (Å²) in [5.41, 5.74) is -0.835. The molecule has 0 aliphatic carbocycles. The monoisotopic (exact) mass is 229 g/mol. The number of hydrogen-bond acceptors (Lipinski definition) is 3. The maximum Gasteiger partial charge on any atom is 0.522 e. The molecule has 0 spiro atoms. The van der Waals surface area contributed by atoms with Crippen molar-refractivity contribution in [3.05, 3.63) is 0 Å². The highest BCUT2D eigenvalue weighted by atomic mass is 19.4. The number of ether oxygens (including phenoxy) is 1. The third-order valence-corrected chi connectivity index (χ3v) is 2.31. The molecule has 0 heterocycles. The molecular formula is C9H18F3NO2. The Balaban J connectivity index is 3.54. The molecule has 0 saturated heterocycles. The van der Waals surface area contributed by atoms with Crippen LogP contribution < -0.4 is 5.32 Å². The Labute approximate surface area is 87.6 Å². The number of nitrogens with one attached hydrogen (secondary N) is 1. The van der Waals surface area contributed by atoms with Gasteiger partial charge in [0.25, 0.3) is 0 Å². The average Bonchev–Trinajstić information content (AvgIpc) is 2.15. The molecule has 0 unspecified atom stereocenters. The van der Waals surface area contributed by atoms with E-state index >= 15 is 0 Å². The smallest absolute Gasteiger partial charge is 0.389 e. The zero-order valence-corrected chi connectivity index (χ0v) is 9.02. The second kappa shape index (κ2) is 6.30. The van der Waals surface area contributed by atoms with Crippen LogP contribution in [0.5, 0.6) is 0 Å². The third-order valence-electron chi connectivity index (χ3n) is 2.31. The van der Waals surface area contributed by atoms with E-state index in [9.17, 15) is 18.3 Å². The minimum absolute atomic E-state index is 0.0713. The van der Waals surface area contributed by atoms with Crippen molar-refractivity contribution in [1.29, 1.82) is 0 Å². The number of alkyl halides is 3. The van der Waals surface area contributed by atoms with Crippen LogP contribution in [0.1, 0.15) is 26.7 Å². The lowest BCUT2D eigenvalue weighted by Gasteiger charge is -2.25. The highest BCUT2D eigenvalue weighted by Crippen LogP contribution is 2.15. The molecule has 0 saturated carbocycles. The van der Waals surface area contributed by atoms with E-state index in [1.54, 1.807) is 0 Å². The first-order valence-corrected chi connectivity index (χ1v) is 4.97. The van der Waals surface area contributed by atoms with Gasteiger partial charge in [0.15, 0.2) is 0 Å². The number of halogens is 3. The second-order valence-corrected chi connectivity index (χ2v) is 3.40. The van der Waals surface area contributed by atoms with Crippen LogP contribution in [0.2, 0.25) is 0 Å². The van der Waals surface area contributed by atoms with Crippen molar-refractivity contribution < 1.29 is 23.0 Å². The van der Waals surface area contributed by atoms with Crippen molar-refractivity contribution in [2.45, 2.75) is 38.7 Å². The van der Waals surface area contributed by atoms with Crippen molar-refractivity contribution in [3.8, 4) is 0 Å². The molecule has 0 aromatic rings. The summed E-state index contributed by atoms with van der Waals surface area (Å²) in [5.74, 6) is 0. The van der Waals surface area contributed by atoms with Gasteiger partial charge in [0.2, 0.25) is 0 Å². The van der Waals surface area contributed by atoms with Crippen LogP contribution in [-0.4, -0.2) is 36.8 Å². The van der Waals surface area contributed by atoms with Crippen LogP contribution in [0, 0.1) is 0 Å². The largest absolute Gasteiger partial charge is 0.522 e. The molecule has 0 bridgehead atoms. The Kier molecular flexibility index (Phi) is 6.16. The Morgan fingerprint density at radius 3 is 2.13 bits per heavy atom. The van der Waals surface area contributed by atoms with Gasteiger partial charge in [-0.05, 0) is 12.8 Å². The van der Waals surface area contributed by atoms with Crippen LogP contribution in [0.15, 0.2) is 0 Å². The van der Waals surface area contributed by atoms with Gasteiger partial charge < -0.3 is 10.4 Å². The molecule has 0 atom stereocenters. The second-order valence-electron chi connectivity index (χ2n) is 3.40. The van der Waals surface area contributed by atoms with Crippen molar-refractivity contribution in [2.24, 2.45) is 0 Å². The zero-order chi connectivity index (χ0) is 11.9. The van der Waals surface area contributed by atoms with Crippen LogP contribution in [0.4, 0.5) is 13.2 Å². The van der Waals surface area contributed by atoms with Crippen molar-refractivity contribution in [1.82, 2.24) is 5.32 Å². The summed E-state index contributed by atoms with van der Waals surface area (Å²) < 4.78 is 38.2. The summed E-state index contributed by atoms with van der Waals surface area (Å²) in [6, 6.07) is 0. The quantitative estimate of drug-likeness (QED) is 0.652. The molecule has 0 rings (SSSR count). The zero-order valence-electron chi connectivity index (χ0n) is 9.02. The van der Waals surface area contributed by atoms with E-state index < -0.39 is 18.6 Å². The minimum Gasteiger partial charge on any atom is -0.389 e. The SMILES string of the molecule is CCC(O)(CC)CNCCOC(F)(F)F. The first-order chi connectivity index (χ1) is 6.83. The molecule has 6 heteroatoms. The third kappa shape index (κ3) is 7.58. The van der Waals surface area contributed by atoms with E-state index in [0.29, 0.717) is 12.8 Å². The van der Waals surface area contributed by atoms with Gasteiger partial charge in [-0.1, -0.05) is 13.8 Å². The average molecular weight is 229 g/mol. The first kappa shape index (κ1) is 14.7. The Bertz CT molecular complexity index is 169. The lowest BCUT2D eigenvalue weighted by atomic mass is 9.98. The van der Waals surface area contributed by atoms with Crippen molar-refractivity contribution in [3.63, 3.8) is 0 Å². The first-order valence-electron chi connectivity index (χ1n) is 4.97. The summed E-state index contributed by atoms with van der Waals surface area (Å²) in [6.45, 7) is 3.57. The Morgan fingerprint density at radius 2 is 1.73 bits per heavy atom. The normalized spacial score (nSPS) is 13.2. The highest BCUT2D eigenvalue weighted by Gasteiger charge is 2.28. The van der Waals surface area contributed by atoms with Crippen molar-refractivity contribution >= 4 is 0 Å². The van der Waals surface area contributed by atoms with Crippen LogP contribution in [0.25, 0.3) is 0 Å². The van der Waals surface area contributed by atoms with Gasteiger partial charge >= 0.3 is 6.36 Å². The summed E-state index contributed by atoms with van der Waals surface area (Å²) in [6.07, 6.45) is -3.44. The molecule has 0 aromatic carbocycles. The molecule has 0 aliphatic heterocycles. The van der Waals surface area contributed by atoms with Gasteiger partial charge in [0.1, 0.15) is 0 Å². The lowest BCUT2D eigenvalue weighted by Crippen LogP contribution is -2.40. The molecule has 3 nitrogen and oxygen atoms in total. The fourth-order valence-electron chi connectivity index (χ4n) is 1.06. The summed E-state index contributed by atoms with van der Waals surface area (Å²) in [4.78, 5) is 0. The Morgan fingerprint density at radius 1 is 1.20 bits per heavy atom. The summed E-state index contributed by atoms with van der Waals surface area (Å²) >= 11 is 0. The fourth-order valence-corrected chi connectivity index (χ4v) is 1.06. The van der Waals surface area contributed by atoms with Gasteiger partial charge in [0, 0.05) is 13.1 Å². The van der Waals surface area contributed by atoms with Crippen LogP contribution in [-0.2, 0) is 4.74 Å². The van der Waals surface area contributed by atoms with Crippen LogP contribution >= 0.6 is 0 Å². The number of aliphatic hydroxyl groups is 1. The molecule has 15 heavy (non-hydrogen) atoms. The van der Waals surface area contributed by atoms with E-state index in [-0.39, 0.29) is 13.1 Å². The lowest BCUT2D eigenvalue weighted by molar-refractivity contribution is -0.323. The highest BCUT2D eigenvalue weighted by molar-refractivity contribution is 4.77. The molecule has 0 amide bonds. The fraction of sp³-hybridized carbons (Fsp3) is 1.00. The van der Waals surface area contributed by atoms with Crippen molar-refractivity contribution in [2.75, 3.05) is 19.7 Å². The predicted octanol–water partition coefficient (Wildman–Crippen LogP) is 1.66. The molecule has 0 aliphatic rings. The maximum absolute atomic E-state index is 11.5. The summed E-state index contributed by atoms with van der Waals surface area (Å²) in [5, 5.41) is 12.5. The number of hydrogen-bond donors (Lipinski definition) is 2. The topological polar surface area (TPSA) is 41.5 Å². The Hall–Kier alpha value is -0.330. The molecule has 0 fully saturated rings. The van der Waals surface area contributed by atoms with Gasteiger partial charge in [-0.2, -0.15) is 0 Å². The van der Waals surface area contributed by atoms with E-state index in [2.05, 4.69) is 10.1 Å². The molecular weight excluding hydrogens is 211 g/mol. The van der Waals surface area contributed by atoms with Gasteiger partial charge in [0.05, 0.1) is 12.2 Å². The molecule has 0 aromatic heterocycles. The van der Waals surface area contributed by atoms with Gasteiger partial charge in [-0.15, -0.1) is 13.2 Å². The van der Waals surface area contributed by atoms with Gasteiger partial charge in [-0.25, -0.2) is 0 Å². The van der Waals surface area contributed by atoms with E-state index in [0.717, 1.165) is 0 Å². The molecule has 0 radical (unpaired) electrons. The molecule has 92 valence electrons. The standard InChI is InChI=1S/C9H18F3NO2/c1-3-8(14,4-2)7-13-5-6-15-9(10,11)12/h13-14H,3-7H2,1-2H3. The van der Waals surface area contributed by atoms with Gasteiger partial charge in [-0.3, -0.25) is 4.74 Å². The van der Waals surface area contributed by atoms with E-state index in [1.165, 1.54) is 0 Å². The minimum atomic E-state index is -4.58. The predicted molar refractivity (Wildman–Crippen MR) is 50.4 cm³/mol. The summed E-state index contributed by atoms with van der Waals surface area (Å²) in [7, 11) is 0. The van der Waals surface area contributed by atoms with E-state index in [4.69, 9.17) is 0 Å². The maximum atomic E-state index is 11.5.